The number of halogens is 1. The first-order valence-corrected chi connectivity index (χ1v) is 15.8. The fraction of sp³-hybridized carbons (Fsp3) is 0.0250. The number of benzene rings is 4. The second kappa shape index (κ2) is 15.7. The van der Waals surface area contributed by atoms with Crippen LogP contribution in [0.2, 0.25) is 0 Å². The number of hydrogen-bond donors (Lipinski definition) is 0. The maximum atomic E-state index is 8.49. The average Bonchev–Trinajstić information content (AvgIpc) is 3.09. The minimum atomic E-state index is -4.94. The van der Waals surface area contributed by atoms with Crippen LogP contribution in [0.15, 0.2) is 180 Å². The largest absolute Gasteiger partial charge is 0.361 e. The summed E-state index contributed by atoms with van der Waals surface area (Å²) in [5.41, 5.74) is 9.58. The molecule has 0 bridgehead atoms. The molecule has 6 rings (SSSR count). The summed E-state index contributed by atoms with van der Waals surface area (Å²) in [6, 6.07) is 46.0. The molecular weight excluding hydrogens is 596 g/mol. The Hall–Kier alpha value is -5.14. The summed E-state index contributed by atoms with van der Waals surface area (Å²) in [5, 5.41) is 0. The Labute approximate surface area is 271 Å². The normalized spacial score (nSPS) is 13.2. The van der Waals surface area contributed by atoms with Crippen molar-refractivity contribution in [3.05, 3.63) is 192 Å². The summed E-state index contributed by atoms with van der Waals surface area (Å²) in [4.78, 5) is 0. The van der Waals surface area contributed by atoms with Crippen molar-refractivity contribution < 1.29 is 33.3 Å². The van der Waals surface area contributed by atoms with Gasteiger partial charge in [0, 0.05) is 0 Å². The van der Waals surface area contributed by atoms with Crippen molar-refractivity contribution in [1.29, 1.82) is 0 Å². The first-order valence-electron chi connectivity index (χ1n) is 14.6. The quantitative estimate of drug-likeness (QED) is 0.158. The molecule has 5 aromatic rings. The van der Waals surface area contributed by atoms with E-state index in [4.69, 9.17) is 23.1 Å². The van der Waals surface area contributed by atoms with Gasteiger partial charge in [-0.15, -0.1) is 10.2 Å². The van der Waals surface area contributed by atoms with Crippen molar-refractivity contribution in [2.75, 3.05) is 0 Å². The zero-order valence-electron chi connectivity index (χ0n) is 24.9. The lowest BCUT2D eigenvalue weighted by atomic mass is 9.87. The van der Waals surface area contributed by atoms with E-state index < -0.39 is 10.2 Å². The minimum Gasteiger partial charge on any atom is -0.222 e. The van der Waals surface area contributed by atoms with Crippen molar-refractivity contribution >= 4 is 17.2 Å². The number of allylic oxidation sites excluding steroid dienone is 9. The Bertz CT molecular complexity index is 1750. The van der Waals surface area contributed by atoms with Gasteiger partial charge >= 0.3 is 11.5 Å². The highest BCUT2D eigenvalue weighted by Crippen LogP contribution is 2.35. The monoisotopic (exact) mass is 626 g/mol. The third-order valence-corrected chi connectivity index (χ3v) is 7.08. The van der Waals surface area contributed by atoms with Crippen LogP contribution in [0.3, 0.4) is 0 Å². The summed E-state index contributed by atoms with van der Waals surface area (Å²) in [7, 11) is -4.94. The molecule has 0 amide bonds. The fourth-order valence-corrected chi connectivity index (χ4v) is 5.03. The highest BCUT2D eigenvalue weighted by Gasteiger charge is 2.18. The lowest BCUT2D eigenvalue weighted by molar-refractivity contribution is -2.00. The molecule has 6 heteroatoms. The minimum absolute atomic E-state index is 0.845. The lowest BCUT2D eigenvalue weighted by Crippen LogP contribution is -2.68. The topological polar surface area (TPSA) is 104 Å². The highest BCUT2D eigenvalue weighted by atomic mass is 35.7. The van der Waals surface area contributed by atoms with Crippen LogP contribution in [-0.2, 0) is 0 Å². The van der Waals surface area contributed by atoms with E-state index in [-0.39, 0.29) is 0 Å². The standard InChI is InChI=1S/C40H31O.ClHO4/c1(6-16-31-26-37(33-18-8-2-9-19-33)30-38(27-31)34-20-10-3-11-21-34)7-17-32-28-39(35-22-12-4-13-23-35)41-40(29-32)36-24-14-5-15-25-36;2-1(3,4)5/h1-29H,30H2;(H,2,3,4,5)/q+1;/p-1/b6-1+,17-7+;. The molecule has 0 saturated heterocycles. The highest BCUT2D eigenvalue weighted by molar-refractivity contribution is 5.86. The fourth-order valence-electron chi connectivity index (χ4n) is 5.03. The third-order valence-electron chi connectivity index (χ3n) is 7.08. The van der Waals surface area contributed by atoms with Crippen LogP contribution in [0.25, 0.3) is 39.9 Å². The molecule has 0 unspecified atom stereocenters. The molecule has 0 fully saturated rings. The molecule has 1 heterocycles. The molecule has 0 N–H and O–H groups in total. The van der Waals surface area contributed by atoms with Crippen LogP contribution in [-0.4, -0.2) is 0 Å². The van der Waals surface area contributed by atoms with Gasteiger partial charge < -0.3 is 0 Å². The third kappa shape index (κ3) is 9.94. The van der Waals surface area contributed by atoms with Gasteiger partial charge in [-0.1, -0.05) is 140 Å². The molecule has 0 aliphatic heterocycles. The van der Waals surface area contributed by atoms with Crippen molar-refractivity contribution in [3.63, 3.8) is 0 Å². The Kier molecular flexibility index (Phi) is 11.0. The SMILES string of the molecule is C(/C=C/C=C/c1cc(-c2ccccc2)[o+]c(-c2ccccc2)c1)=C1C=C(c2ccccc2)CC(c2ccccc2)=C1.[O-][Cl+3]([O-])([O-])[O-]. The van der Waals surface area contributed by atoms with Crippen LogP contribution in [0.4, 0.5) is 0 Å². The smallest absolute Gasteiger partial charge is 0.222 e. The first-order chi connectivity index (χ1) is 22.3. The maximum absolute atomic E-state index is 8.49. The van der Waals surface area contributed by atoms with Crippen LogP contribution < -0.4 is 18.6 Å². The van der Waals surface area contributed by atoms with E-state index >= 15 is 0 Å². The summed E-state index contributed by atoms with van der Waals surface area (Å²) in [5.74, 6) is 1.69. The van der Waals surface area contributed by atoms with Gasteiger partial charge in [0.25, 0.3) is 0 Å². The molecule has 0 atom stereocenters. The van der Waals surface area contributed by atoms with Gasteiger partial charge in [0.1, 0.15) is 0 Å². The summed E-state index contributed by atoms with van der Waals surface area (Å²) < 4.78 is 40.3. The van der Waals surface area contributed by atoms with Gasteiger partial charge in [0.15, 0.2) is 0 Å². The van der Waals surface area contributed by atoms with E-state index in [2.05, 4.69) is 140 Å². The molecule has 1 aliphatic carbocycles. The van der Waals surface area contributed by atoms with Gasteiger partial charge in [-0.05, 0) is 64.1 Å². The zero-order valence-corrected chi connectivity index (χ0v) is 25.6. The molecule has 4 aromatic carbocycles. The second-order valence-electron chi connectivity index (χ2n) is 10.4. The van der Waals surface area contributed by atoms with Crippen molar-refractivity contribution in [2.24, 2.45) is 0 Å². The summed E-state index contributed by atoms with van der Waals surface area (Å²) in [6.45, 7) is 0. The predicted molar refractivity (Wildman–Crippen MR) is 174 cm³/mol. The Morgan fingerprint density at radius 3 is 1.30 bits per heavy atom. The molecule has 5 nitrogen and oxygen atoms in total. The Morgan fingerprint density at radius 1 is 0.500 bits per heavy atom. The van der Waals surface area contributed by atoms with Gasteiger partial charge in [0.05, 0.1) is 23.3 Å². The van der Waals surface area contributed by atoms with Gasteiger partial charge in [-0.2, -0.15) is 0 Å². The molecule has 228 valence electrons. The predicted octanol–water partition coefficient (Wildman–Crippen LogP) is 6.21. The Balaban J connectivity index is 0.000000775. The Morgan fingerprint density at radius 2 is 0.891 bits per heavy atom. The molecule has 0 radical (unpaired) electrons. The van der Waals surface area contributed by atoms with Crippen molar-refractivity contribution in [1.82, 2.24) is 0 Å². The van der Waals surface area contributed by atoms with Crippen LogP contribution in [0, 0.1) is 10.2 Å². The van der Waals surface area contributed by atoms with Crippen molar-refractivity contribution in [2.45, 2.75) is 6.42 Å². The van der Waals surface area contributed by atoms with Crippen LogP contribution in [0.1, 0.15) is 23.1 Å². The lowest BCUT2D eigenvalue weighted by Gasteiger charge is -2.17. The van der Waals surface area contributed by atoms with Crippen LogP contribution >= 0.6 is 0 Å². The number of rotatable bonds is 7. The van der Waals surface area contributed by atoms with E-state index in [1.54, 1.807) is 0 Å². The van der Waals surface area contributed by atoms with E-state index in [1.165, 1.54) is 27.8 Å². The van der Waals surface area contributed by atoms with Gasteiger partial charge in [-0.25, -0.2) is 23.1 Å². The van der Waals surface area contributed by atoms with E-state index in [1.807, 2.05) is 36.4 Å². The van der Waals surface area contributed by atoms with Crippen molar-refractivity contribution in [3.8, 4) is 22.6 Å². The second-order valence-corrected chi connectivity index (χ2v) is 11.1. The first kappa shape index (κ1) is 32.3. The number of hydrogen-bond acceptors (Lipinski definition) is 4. The van der Waals surface area contributed by atoms with Gasteiger partial charge in [-0.3, -0.25) is 0 Å². The van der Waals surface area contributed by atoms with Crippen LogP contribution in [0.5, 0.6) is 0 Å². The molecule has 46 heavy (non-hydrogen) atoms. The molecule has 0 spiro atoms. The molecular formula is C40H31ClO5. The zero-order chi connectivity index (χ0) is 32.2. The summed E-state index contributed by atoms with van der Waals surface area (Å²) >= 11 is 0. The molecule has 1 aliphatic rings. The average molecular weight is 627 g/mol. The van der Waals surface area contributed by atoms with Gasteiger partial charge in [0.2, 0.25) is 0 Å². The van der Waals surface area contributed by atoms with E-state index in [0.717, 1.165) is 34.6 Å². The maximum Gasteiger partial charge on any atom is 0.361 e. The summed E-state index contributed by atoms with van der Waals surface area (Å²) in [6.07, 6.45) is 16.1. The van der Waals surface area contributed by atoms with E-state index in [0.29, 0.717) is 0 Å². The molecule has 1 aromatic heterocycles. The van der Waals surface area contributed by atoms with E-state index in [9.17, 15) is 0 Å². The molecule has 0 saturated carbocycles.